The van der Waals surface area contributed by atoms with Gasteiger partial charge in [-0.15, -0.1) is 0 Å². The third-order valence-electron chi connectivity index (χ3n) is 2.02. The van der Waals surface area contributed by atoms with Crippen molar-refractivity contribution in [2.45, 2.75) is 38.3 Å². The molecule has 0 atom stereocenters. The van der Waals surface area contributed by atoms with Gasteiger partial charge in [-0.25, -0.2) is 0 Å². The third-order valence-corrected chi connectivity index (χ3v) is 2.02. The maximum Gasteiger partial charge on any atom is 0.457 e. The molecule has 0 nitrogen and oxygen atoms in total. The molecule has 0 radical (unpaired) electrons. The fraction of sp³-hybridized carbons (Fsp3) is 0.778. The third kappa shape index (κ3) is 3.66. The molecule has 1 saturated carbocycles. The second-order valence-electron chi connectivity index (χ2n) is 3.10. The van der Waals surface area contributed by atoms with E-state index in [2.05, 4.69) is 5.92 Å². The molecule has 1 aliphatic rings. The van der Waals surface area contributed by atoms with E-state index in [-0.39, 0.29) is 5.92 Å². The van der Waals surface area contributed by atoms with Crippen molar-refractivity contribution in [3.8, 4) is 11.8 Å². The maximum absolute atomic E-state index is 11.6. The summed E-state index contributed by atoms with van der Waals surface area (Å²) in [7, 11) is 0. The van der Waals surface area contributed by atoms with Crippen molar-refractivity contribution in [3.63, 3.8) is 0 Å². The molecule has 0 amide bonds. The molecule has 0 N–H and O–H groups in total. The van der Waals surface area contributed by atoms with Gasteiger partial charge < -0.3 is 0 Å². The Morgan fingerprint density at radius 2 is 1.58 bits per heavy atom. The molecule has 0 aliphatic heterocycles. The minimum atomic E-state index is -4.31. The number of alkyl halides is 3. The zero-order chi connectivity index (χ0) is 9.03. The van der Waals surface area contributed by atoms with Gasteiger partial charge in [-0.3, -0.25) is 0 Å². The van der Waals surface area contributed by atoms with Gasteiger partial charge in [0.2, 0.25) is 0 Å². The molecule has 12 heavy (non-hydrogen) atoms. The second kappa shape index (κ2) is 3.84. The Kier molecular flexibility index (Phi) is 3.02. The molecular formula is C9H11F3. The van der Waals surface area contributed by atoms with Crippen molar-refractivity contribution >= 4 is 0 Å². The van der Waals surface area contributed by atoms with Gasteiger partial charge in [0.15, 0.2) is 0 Å². The molecule has 0 spiro atoms. The van der Waals surface area contributed by atoms with Crippen LogP contribution in [-0.2, 0) is 0 Å². The predicted molar refractivity (Wildman–Crippen MR) is 40.4 cm³/mol. The molecule has 0 aromatic carbocycles. The molecule has 1 rings (SSSR count). The van der Waals surface area contributed by atoms with Crippen LogP contribution in [0.15, 0.2) is 0 Å². The first-order valence-corrected chi connectivity index (χ1v) is 4.17. The van der Waals surface area contributed by atoms with Crippen LogP contribution in [0.25, 0.3) is 0 Å². The van der Waals surface area contributed by atoms with Gasteiger partial charge in [-0.2, -0.15) is 13.2 Å². The first-order chi connectivity index (χ1) is 5.58. The summed E-state index contributed by atoms with van der Waals surface area (Å²) >= 11 is 0. The molecular weight excluding hydrogens is 165 g/mol. The van der Waals surface area contributed by atoms with Gasteiger partial charge in [-0.1, -0.05) is 25.2 Å². The molecule has 1 aliphatic carbocycles. The lowest BCUT2D eigenvalue weighted by Crippen LogP contribution is -2.07. The first-order valence-electron chi connectivity index (χ1n) is 4.17. The zero-order valence-electron chi connectivity index (χ0n) is 6.75. The fourth-order valence-electron chi connectivity index (χ4n) is 1.43. The fourth-order valence-corrected chi connectivity index (χ4v) is 1.43. The second-order valence-corrected chi connectivity index (χ2v) is 3.10. The topological polar surface area (TPSA) is 0 Å². The van der Waals surface area contributed by atoms with E-state index in [9.17, 15) is 13.2 Å². The Bertz CT molecular complexity index is 188. The van der Waals surface area contributed by atoms with Crippen molar-refractivity contribution in [1.82, 2.24) is 0 Å². The van der Waals surface area contributed by atoms with E-state index in [1.165, 1.54) is 5.92 Å². The van der Waals surface area contributed by atoms with Crippen molar-refractivity contribution in [1.29, 1.82) is 0 Å². The molecule has 3 heteroatoms. The van der Waals surface area contributed by atoms with E-state index in [4.69, 9.17) is 0 Å². The summed E-state index contributed by atoms with van der Waals surface area (Å²) in [6.45, 7) is 0. The minimum absolute atomic E-state index is 0.0135. The van der Waals surface area contributed by atoms with Crippen LogP contribution < -0.4 is 0 Å². The first kappa shape index (κ1) is 9.44. The SMILES string of the molecule is FC(F)(F)C#CC1CCCCC1. The molecule has 0 heterocycles. The largest absolute Gasteiger partial charge is 0.457 e. The number of hydrogen-bond donors (Lipinski definition) is 0. The summed E-state index contributed by atoms with van der Waals surface area (Å²) in [6.07, 6.45) is 0.558. The maximum atomic E-state index is 11.6. The van der Waals surface area contributed by atoms with E-state index >= 15 is 0 Å². The highest BCUT2D eigenvalue weighted by Crippen LogP contribution is 2.23. The molecule has 0 bridgehead atoms. The summed E-state index contributed by atoms with van der Waals surface area (Å²) in [6, 6.07) is 0. The van der Waals surface area contributed by atoms with Crippen LogP contribution in [0.2, 0.25) is 0 Å². The molecule has 0 unspecified atom stereocenters. The van der Waals surface area contributed by atoms with Crippen LogP contribution in [0, 0.1) is 17.8 Å². The highest BCUT2D eigenvalue weighted by atomic mass is 19.4. The standard InChI is InChI=1S/C9H11F3/c10-9(11,12)7-6-8-4-2-1-3-5-8/h8H,1-5H2. The average Bonchev–Trinajstić information content (AvgIpc) is 2.02. The summed E-state index contributed by atoms with van der Waals surface area (Å²) in [5.74, 6) is 3.61. The van der Waals surface area contributed by atoms with Gasteiger partial charge in [-0.05, 0) is 12.8 Å². The number of halogens is 3. The highest BCUT2D eigenvalue weighted by molar-refractivity contribution is 5.08. The van der Waals surface area contributed by atoms with Gasteiger partial charge >= 0.3 is 6.18 Å². The summed E-state index contributed by atoms with van der Waals surface area (Å²) < 4.78 is 34.9. The summed E-state index contributed by atoms with van der Waals surface area (Å²) in [5, 5.41) is 0. The lowest BCUT2D eigenvalue weighted by atomic mass is 9.90. The Hall–Kier alpha value is -0.650. The van der Waals surface area contributed by atoms with Crippen LogP contribution in [0.3, 0.4) is 0 Å². The van der Waals surface area contributed by atoms with E-state index in [0.29, 0.717) is 0 Å². The van der Waals surface area contributed by atoms with Gasteiger partial charge in [0.05, 0.1) is 0 Å². The predicted octanol–water partition coefficient (Wildman–Crippen LogP) is 3.13. The van der Waals surface area contributed by atoms with Gasteiger partial charge in [0.25, 0.3) is 0 Å². The van der Waals surface area contributed by atoms with Crippen molar-refractivity contribution in [3.05, 3.63) is 0 Å². The number of hydrogen-bond acceptors (Lipinski definition) is 0. The van der Waals surface area contributed by atoms with Crippen molar-refractivity contribution in [2.75, 3.05) is 0 Å². The normalized spacial score (nSPS) is 19.9. The van der Waals surface area contributed by atoms with Crippen LogP contribution >= 0.6 is 0 Å². The van der Waals surface area contributed by atoms with E-state index in [1.807, 2.05) is 0 Å². The molecule has 0 aromatic heterocycles. The van der Waals surface area contributed by atoms with Gasteiger partial charge in [0.1, 0.15) is 0 Å². The lowest BCUT2D eigenvalue weighted by molar-refractivity contribution is -0.0698. The van der Waals surface area contributed by atoms with Crippen LogP contribution in [0.1, 0.15) is 32.1 Å². The van der Waals surface area contributed by atoms with Gasteiger partial charge in [0, 0.05) is 11.8 Å². The van der Waals surface area contributed by atoms with E-state index in [1.54, 1.807) is 0 Å². The Morgan fingerprint density at radius 1 is 1.00 bits per heavy atom. The van der Waals surface area contributed by atoms with E-state index < -0.39 is 6.18 Å². The smallest absolute Gasteiger partial charge is 0.159 e. The van der Waals surface area contributed by atoms with Crippen LogP contribution in [0.5, 0.6) is 0 Å². The van der Waals surface area contributed by atoms with Crippen LogP contribution in [-0.4, -0.2) is 6.18 Å². The Labute approximate surface area is 70.1 Å². The zero-order valence-corrected chi connectivity index (χ0v) is 6.75. The lowest BCUT2D eigenvalue weighted by Gasteiger charge is -2.15. The molecule has 1 fully saturated rings. The molecule has 68 valence electrons. The van der Waals surface area contributed by atoms with Crippen LogP contribution in [0.4, 0.5) is 13.2 Å². The summed E-state index contributed by atoms with van der Waals surface area (Å²) in [5.41, 5.74) is 0. The van der Waals surface area contributed by atoms with Crippen molar-refractivity contribution in [2.24, 2.45) is 5.92 Å². The molecule has 0 saturated heterocycles. The monoisotopic (exact) mass is 176 g/mol. The minimum Gasteiger partial charge on any atom is -0.159 e. The Balaban J connectivity index is 2.41. The summed E-state index contributed by atoms with van der Waals surface area (Å²) in [4.78, 5) is 0. The van der Waals surface area contributed by atoms with Crippen molar-refractivity contribution < 1.29 is 13.2 Å². The highest BCUT2D eigenvalue weighted by Gasteiger charge is 2.23. The average molecular weight is 176 g/mol. The van der Waals surface area contributed by atoms with E-state index in [0.717, 1.165) is 32.1 Å². The molecule has 0 aromatic rings. The number of rotatable bonds is 0. The Morgan fingerprint density at radius 3 is 2.08 bits per heavy atom. The quantitative estimate of drug-likeness (QED) is 0.497.